The third-order valence-corrected chi connectivity index (χ3v) is 15.4. The van der Waals surface area contributed by atoms with Crippen LogP contribution in [0.2, 0.25) is 0 Å². The number of benzene rings is 13. The Hall–Kier alpha value is -12.1. The molecule has 8 heteroatoms. The zero-order chi connectivity index (χ0) is 59.7. The van der Waals surface area contributed by atoms with E-state index in [1.54, 1.807) is 6.07 Å². The van der Waals surface area contributed by atoms with Crippen molar-refractivity contribution in [2.45, 2.75) is 0 Å². The van der Waals surface area contributed by atoms with Gasteiger partial charge in [0.15, 0.2) is 0 Å². The van der Waals surface area contributed by atoms with Gasteiger partial charge in [-0.15, -0.1) is 0 Å². The summed E-state index contributed by atoms with van der Waals surface area (Å²) in [5.74, 6) is 5.51. The van der Waals surface area contributed by atoms with Gasteiger partial charge < -0.3 is 33.2 Å². The lowest BCUT2D eigenvalue weighted by molar-refractivity contribution is 0.482. The summed E-state index contributed by atoms with van der Waals surface area (Å²) in [7, 11) is 0. The van der Waals surface area contributed by atoms with E-state index in [1.165, 1.54) is 0 Å². The fourth-order valence-corrected chi connectivity index (χ4v) is 10.9. The average molecular weight is 1150 g/mol. The van der Waals surface area contributed by atoms with Crippen LogP contribution in [0, 0.1) is 0 Å². The van der Waals surface area contributed by atoms with Crippen LogP contribution in [0.15, 0.2) is 349 Å². The van der Waals surface area contributed by atoms with Crippen molar-refractivity contribution >= 4 is 45.1 Å². The molecular weight excluding hydrogens is 1100 g/mol. The van der Waals surface area contributed by atoms with Crippen LogP contribution in [-0.4, -0.2) is 0 Å². The second-order valence-electron chi connectivity index (χ2n) is 21.2. The summed E-state index contributed by atoms with van der Waals surface area (Å²) >= 11 is 0. The van der Waals surface area contributed by atoms with Gasteiger partial charge in [0.25, 0.3) is 0 Å². The monoisotopic (exact) mass is 1150 g/mol. The first-order chi connectivity index (χ1) is 43.9. The lowest BCUT2D eigenvalue weighted by Crippen LogP contribution is -2.14. The Balaban J connectivity index is 0.795. The molecule has 0 saturated heterocycles. The fourth-order valence-electron chi connectivity index (χ4n) is 10.9. The molecule has 8 nitrogen and oxygen atoms in total. The molecule has 14 rings (SSSR count). The molecule has 0 atom stereocenters. The molecule has 0 aliphatic carbocycles. The van der Waals surface area contributed by atoms with Crippen LogP contribution in [0.1, 0.15) is 0 Å². The normalized spacial score (nSPS) is 11.0. The van der Waals surface area contributed by atoms with Crippen LogP contribution in [0.4, 0.5) is 34.1 Å². The second kappa shape index (κ2) is 25.2. The summed E-state index contributed by atoms with van der Waals surface area (Å²) in [6, 6.07) is 112. The van der Waals surface area contributed by atoms with E-state index in [0.717, 1.165) is 84.4 Å². The number of ether oxygens (including phenoxy) is 4. The van der Waals surface area contributed by atoms with E-state index in [0.29, 0.717) is 51.2 Å². The van der Waals surface area contributed by atoms with E-state index in [9.17, 15) is 4.79 Å². The first-order valence-corrected chi connectivity index (χ1v) is 29.4. The van der Waals surface area contributed by atoms with E-state index < -0.39 is 5.63 Å². The van der Waals surface area contributed by atoms with Gasteiger partial charge >= 0.3 is 5.63 Å². The standard InChI is InChI=1S/C81H56N2O6/c84-81-56-79(83(67-33-50-76(51-34-67)87-72-42-25-63(26-43-72)59-17-9-3-10-18-59)68-35-52-77(53-36-68)88-73-44-27-64(28-45-73)60-19-11-4-12-20-60)78-54-37-69(55-80(78)89-81)82(65-29-46-74(47-30-65)85-70-38-21-61(22-39-70)57-13-5-1-6-14-57)66-31-48-75(49-32-66)86-71-40-23-62(24-41-71)58-15-7-2-8-16-58/h1-56H. The van der Waals surface area contributed by atoms with E-state index in [4.69, 9.17) is 23.4 Å². The maximum Gasteiger partial charge on any atom is 0.338 e. The number of rotatable bonds is 18. The Morgan fingerprint density at radius 3 is 0.742 bits per heavy atom. The molecule has 89 heavy (non-hydrogen) atoms. The Labute approximate surface area is 516 Å². The summed E-state index contributed by atoms with van der Waals surface area (Å²) in [6.07, 6.45) is 0. The fraction of sp³-hybridized carbons (Fsp3) is 0. The minimum absolute atomic E-state index is 0.385. The van der Waals surface area contributed by atoms with Gasteiger partial charge in [-0.2, -0.15) is 0 Å². The van der Waals surface area contributed by atoms with Gasteiger partial charge in [0.1, 0.15) is 51.6 Å². The SMILES string of the molecule is O=c1cc(N(c2ccc(Oc3ccc(-c4ccccc4)cc3)cc2)c2ccc(Oc3ccc(-c4ccccc4)cc3)cc2)c2ccc(N(c3ccc(Oc4ccc(-c5ccccc5)cc4)cc3)c3ccc(Oc4ccc(-c5ccccc5)cc4)cc3)cc2o1. The van der Waals surface area contributed by atoms with Crippen molar-refractivity contribution < 1.29 is 23.4 Å². The second-order valence-corrected chi connectivity index (χ2v) is 21.2. The van der Waals surface area contributed by atoms with Crippen LogP contribution in [-0.2, 0) is 0 Å². The van der Waals surface area contributed by atoms with Crippen LogP contribution in [0.3, 0.4) is 0 Å². The molecule has 1 aromatic heterocycles. The Morgan fingerprint density at radius 1 is 0.225 bits per heavy atom. The summed E-state index contributed by atoms with van der Waals surface area (Å²) in [5.41, 5.74) is 13.4. The lowest BCUT2D eigenvalue weighted by atomic mass is 10.1. The molecule has 0 fully saturated rings. The van der Waals surface area contributed by atoms with E-state index >= 15 is 0 Å². The van der Waals surface area contributed by atoms with Crippen LogP contribution >= 0.6 is 0 Å². The molecule has 0 saturated carbocycles. The Kier molecular flexibility index (Phi) is 15.5. The zero-order valence-electron chi connectivity index (χ0n) is 48.2. The van der Waals surface area contributed by atoms with Crippen LogP contribution in [0.25, 0.3) is 55.5 Å². The highest BCUT2D eigenvalue weighted by atomic mass is 16.5. The summed E-state index contributed by atoms with van der Waals surface area (Å²) < 4.78 is 31.8. The molecule has 0 bridgehead atoms. The molecule has 1 heterocycles. The van der Waals surface area contributed by atoms with Crippen LogP contribution < -0.4 is 34.4 Å². The van der Waals surface area contributed by atoms with Gasteiger partial charge in [-0.3, -0.25) is 0 Å². The highest BCUT2D eigenvalue weighted by molar-refractivity contribution is 5.98. The molecule has 14 aromatic rings. The Bertz CT molecular complexity index is 4450. The van der Waals surface area contributed by atoms with Gasteiger partial charge in [-0.05, 0) is 202 Å². The van der Waals surface area contributed by atoms with Crippen LogP contribution in [0.5, 0.6) is 46.0 Å². The van der Waals surface area contributed by atoms with Gasteiger partial charge in [0.2, 0.25) is 0 Å². The van der Waals surface area contributed by atoms with Crippen molar-refractivity contribution in [1.29, 1.82) is 0 Å². The Morgan fingerprint density at radius 2 is 0.461 bits per heavy atom. The summed E-state index contributed by atoms with van der Waals surface area (Å²) in [4.78, 5) is 18.3. The molecule has 0 aliphatic heterocycles. The maximum absolute atomic E-state index is 14.1. The smallest absolute Gasteiger partial charge is 0.338 e. The minimum Gasteiger partial charge on any atom is -0.457 e. The predicted molar refractivity (Wildman–Crippen MR) is 360 cm³/mol. The van der Waals surface area contributed by atoms with Crippen molar-refractivity contribution in [3.05, 3.63) is 350 Å². The van der Waals surface area contributed by atoms with Crippen molar-refractivity contribution in [2.24, 2.45) is 0 Å². The van der Waals surface area contributed by atoms with Gasteiger partial charge in [0.05, 0.1) is 5.69 Å². The first kappa shape index (κ1) is 54.8. The average Bonchev–Trinajstić information content (AvgIpc) is 1.72. The van der Waals surface area contributed by atoms with Gasteiger partial charge in [0, 0.05) is 46.0 Å². The number of hydrogen-bond acceptors (Lipinski definition) is 8. The van der Waals surface area contributed by atoms with Crippen molar-refractivity contribution in [1.82, 2.24) is 0 Å². The topological polar surface area (TPSA) is 73.6 Å². The van der Waals surface area contributed by atoms with Gasteiger partial charge in [-0.1, -0.05) is 170 Å². The third-order valence-electron chi connectivity index (χ3n) is 15.4. The molecule has 0 radical (unpaired) electrons. The molecule has 0 amide bonds. The quantitative estimate of drug-likeness (QED) is 0.0787. The zero-order valence-corrected chi connectivity index (χ0v) is 48.2. The predicted octanol–water partition coefficient (Wildman–Crippen LogP) is 22.6. The van der Waals surface area contributed by atoms with Crippen molar-refractivity contribution in [3.8, 4) is 90.5 Å². The molecule has 13 aromatic carbocycles. The highest BCUT2D eigenvalue weighted by Gasteiger charge is 2.21. The number of nitrogens with zero attached hydrogens (tertiary/aromatic N) is 2. The van der Waals surface area contributed by atoms with E-state index in [1.807, 2.05) is 237 Å². The maximum atomic E-state index is 14.1. The largest absolute Gasteiger partial charge is 0.457 e. The number of anilines is 6. The minimum atomic E-state index is -0.518. The molecular formula is C81H56N2O6. The first-order valence-electron chi connectivity index (χ1n) is 29.4. The van der Waals surface area contributed by atoms with E-state index in [2.05, 4.69) is 107 Å². The molecule has 0 spiro atoms. The van der Waals surface area contributed by atoms with Gasteiger partial charge in [-0.25, -0.2) is 4.79 Å². The molecule has 0 aliphatic rings. The number of hydrogen-bond donors (Lipinski definition) is 0. The summed E-state index contributed by atoms with van der Waals surface area (Å²) in [6.45, 7) is 0. The number of fused-ring (bicyclic) bond motifs is 1. The molecule has 0 N–H and O–H groups in total. The molecule has 426 valence electrons. The van der Waals surface area contributed by atoms with E-state index in [-0.39, 0.29) is 0 Å². The lowest BCUT2D eigenvalue weighted by Gasteiger charge is -2.28. The summed E-state index contributed by atoms with van der Waals surface area (Å²) in [5, 5.41) is 0.704. The van der Waals surface area contributed by atoms with Crippen molar-refractivity contribution in [2.75, 3.05) is 9.80 Å². The van der Waals surface area contributed by atoms with Crippen molar-refractivity contribution in [3.63, 3.8) is 0 Å². The molecule has 0 unspecified atom stereocenters. The third kappa shape index (κ3) is 12.7. The highest BCUT2D eigenvalue weighted by Crippen LogP contribution is 2.44.